The van der Waals surface area contributed by atoms with Crippen LogP contribution in [0, 0.1) is 10.1 Å². The Morgan fingerprint density at radius 1 is 1.50 bits per heavy atom. The lowest BCUT2D eigenvalue weighted by Crippen LogP contribution is -2.34. The van der Waals surface area contributed by atoms with Gasteiger partial charge in [-0.05, 0) is 12.0 Å². The second-order valence-electron chi connectivity index (χ2n) is 3.93. The molecule has 0 aliphatic carbocycles. The van der Waals surface area contributed by atoms with E-state index in [1.807, 2.05) is 0 Å². The fourth-order valence-electron chi connectivity index (χ4n) is 1.59. The number of benzene rings is 1. The highest BCUT2D eigenvalue weighted by Crippen LogP contribution is 2.34. The van der Waals surface area contributed by atoms with Gasteiger partial charge < -0.3 is 10.5 Å². The predicted octanol–water partition coefficient (Wildman–Crippen LogP) is 1.66. The number of esters is 1. The molecule has 2 N–H and O–H groups in total. The largest absolute Gasteiger partial charge is 0.468 e. The molecule has 0 radical (unpaired) electrons. The van der Waals surface area contributed by atoms with Crippen molar-refractivity contribution in [3.05, 3.63) is 39.4 Å². The van der Waals surface area contributed by atoms with Crippen LogP contribution in [0.5, 0.6) is 0 Å². The van der Waals surface area contributed by atoms with Gasteiger partial charge in [0.05, 0.1) is 17.6 Å². The average molecular weight is 292 g/mol. The molecule has 0 amide bonds. The molecule has 0 aliphatic heterocycles. The molecule has 0 aliphatic rings. The highest BCUT2D eigenvalue weighted by atomic mass is 19.4. The van der Waals surface area contributed by atoms with Crippen LogP contribution in [0.2, 0.25) is 0 Å². The van der Waals surface area contributed by atoms with Crippen molar-refractivity contribution in [2.45, 2.75) is 18.6 Å². The van der Waals surface area contributed by atoms with Crippen molar-refractivity contribution >= 4 is 11.7 Å². The van der Waals surface area contributed by atoms with Crippen molar-refractivity contribution in [2.75, 3.05) is 7.11 Å². The monoisotopic (exact) mass is 292 g/mol. The van der Waals surface area contributed by atoms with Gasteiger partial charge in [0.1, 0.15) is 6.04 Å². The summed E-state index contributed by atoms with van der Waals surface area (Å²) in [6.45, 7) is 0. The highest BCUT2D eigenvalue weighted by Gasteiger charge is 2.35. The Morgan fingerprint density at radius 3 is 2.55 bits per heavy atom. The molecule has 9 heteroatoms. The number of nitro groups is 1. The summed E-state index contributed by atoms with van der Waals surface area (Å²) < 4.78 is 42.9. The first-order valence-electron chi connectivity index (χ1n) is 5.34. The zero-order chi connectivity index (χ0) is 15.5. The van der Waals surface area contributed by atoms with E-state index >= 15 is 0 Å². The molecule has 6 nitrogen and oxygen atoms in total. The average Bonchev–Trinajstić information content (AvgIpc) is 2.36. The first kappa shape index (κ1) is 15.9. The highest BCUT2D eigenvalue weighted by molar-refractivity contribution is 5.75. The summed E-state index contributed by atoms with van der Waals surface area (Å²) in [6, 6.07) is 1.00. The number of hydrogen-bond donors (Lipinski definition) is 1. The summed E-state index contributed by atoms with van der Waals surface area (Å²) in [6.07, 6.45) is -5.21. The van der Waals surface area contributed by atoms with Crippen LogP contribution in [-0.4, -0.2) is 24.0 Å². The number of carbonyl (C=O) groups excluding carboxylic acids is 1. The minimum atomic E-state index is -4.78. The molecule has 0 fully saturated rings. The maximum Gasteiger partial charge on any atom is 0.416 e. The van der Waals surface area contributed by atoms with Crippen LogP contribution in [0.15, 0.2) is 18.2 Å². The minimum absolute atomic E-state index is 0.305. The number of nitro benzene ring substituents is 1. The summed E-state index contributed by atoms with van der Waals surface area (Å²) in [5.74, 6) is -0.864. The van der Waals surface area contributed by atoms with Gasteiger partial charge >= 0.3 is 12.1 Å². The number of carbonyl (C=O) groups is 1. The summed E-state index contributed by atoms with van der Waals surface area (Å²) >= 11 is 0. The molecule has 110 valence electrons. The van der Waals surface area contributed by atoms with E-state index in [4.69, 9.17) is 5.73 Å². The molecule has 20 heavy (non-hydrogen) atoms. The zero-order valence-electron chi connectivity index (χ0n) is 10.3. The maximum atomic E-state index is 12.8. The van der Waals surface area contributed by atoms with E-state index in [1.165, 1.54) is 0 Å². The molecule has 0 spiro atoms. The number of hydrogen-bond acceptors (Lipinski definition) is 5. The second kappa shape index (κ2) is 5.87. The normalized spacial score (nSPS) is 12.8. The standard InChI is InChI=1S/C11H11F3N2O4/c1-20-10(17)9(15)4-6-2-3-7(16(18)19)5-8(6)11(12,13)14/h2-3,5,9H,4,15H2,1H3/t9-/m0/s1. The van der Waals surface area contributed by atoms with Crippen molar-refractivity contribution in [3.8, 4) is 0 Å². The van der Waals surface area contributed by atoms with Crippen molar-refractivity contribution < 1.29 is 27.6 Å². The Bertz CT molecular complexity index is 531. The van der Waals surface area contributed by atoms with E-state index in [0.717, 1.165) is 19.2 Å². The Balaban J connectivity index is 3.19. The first-order valence-corrected chi connectivity index (χ1v) is 5.34. The third kappa shape index (κ3) is 3.67. The lowest BCUT2D eigenvalue weighted by molar-refractivity contribution is -0.385. The summed E-state index contributed by atoms with van der Waals surface area (Å²) in [5, 5.41) is 10.5. The number of rotatable bonds is 4. The predicted molar refractivity (Wildman–Crippen MR) is 61.8 cm³/mol. The van der Waals surface area contributed by atoms with Gasteiger partial charge in [-0.3, -0.25) is 14.9 Å². The third-order valence-corrected chi connectivity index (χ3v) is 2.55. The molecule has 0 heterocycles. The second-order valence-corrected chi connectivity index (χ2v) is 3.93. The number of halogens is 3. The molecule has 1 rings (SSSR count). The Kier molecular flexibility index (Phi) is 4.66. The van der Waals surface area contributed by atoms with Crippen LogP contribution >= 0.6 is 0 Å². The summed E-state index contributed by atoms with van der Waals surface area (Å²) in [5.41, 5.74) is 3.21. The first-order chi connectivity index (χ1) is 9.16. The van der Waals surface area contributed by atoms with Crippen molar-refractivity contribution in [1.82, 2.24) is 0 Å². The van der Waals surface area contributed by atoms with Crippen LogP contribution in [0.1, 0.15) is 11.1 Å². The SMILES string of the molecule is COC(=O)[C@@H](N)Cc1ccc([N+](=O)[O-])cc1C(F)(F)F. The summed E-state index contributed by atoms with van der Waals surface area (Å²) in [7, 11) is 1.06. The van der Waals surface area contributed by atoms with Crippen molar-refractivity contribution in [1.29, 1.82) is 0 Å². The van der Waals surface area contributed by atoms with Gasteiger partial charge in [-0.1, -0.05) is 6.07 Å². The van der Waals surface area contributed by atoms with Crippen LogP contribution in [0.4, 0.5) is 18.9 Å². The number of ether oxygens (including phenoxy) is 1. The Hall–Kier alpha value is -2.16. The van der Waals surface area contributed by atoms with E-state index in [-0.39, 0.29) is 5.56 Å². The fourth-order valence-corrected chi connectivity index (χ4v) is 1.59. The molecule has 0 saturated carbocycles. The van der Waals surface area contributed by atoms with Crippen LogP contribution in [0.25, 0.3) is 0 Å². The van der Waals surface area contributed by atoms with Gasteiger partial charge in [-0.2, -0.15) is 13.2 Å². The van der Waals surface area contributed by atoms with Gasteiger partial charge in [-0.15, -0.1) is 0 Å². The van der Waals surface area contributed by atoms with Crippen molar-refractivity contribution in [3.63, 3.8) is 0 Å². The van der Waals surface area contributed by atoms with Crippen LogP contribution < -0.4 is 5.73 Å². The van der Waals surface area contributed by atoms with Gasteiger partial charge in [0.15, 0.2) is 0 Å². The van der Waals surface area contributed by atoms with E-state index in [9.17, 15) is 28.1 Å². The molecule has 0 aromatic heterocycles. The van der Waals surface area contributed by atoms with Gasteiger partial charge in [0.25, 0.3) is 5.69 Å². The molecule has 0 unspecified atom stereocenters. The lowest BCUT2D eigenvalue weighted by atomic mass is 9.99. The minimum Gasteiger partial charge on any atom is -0.468 e. The smallest absolute Gasteiger partial charge is 0.416 e. The molecular weight excluding hydrogens is 281 g/mol. The molecule has 0 saturated heterocycles. The van der Waals surface area contributed by atoms with Gasteiger partial charge in [-0.25, -0.2) is 0 Å². The Morgan fingerprint density at radius 2 is 2.10 bits per heavy atom. The quantitative estimate of drug-likeness (QED) is 0.517. The van der Waals surface area contributed by atoms with E-state index < -0.39 is 40.8 Å². The van der Waals surface area contributed by atoms with Crippen LogP contribution in [-0.2, 0) is 22.1 Å². The lowest BCUT2D eigenvalue weighted by Gasteiger charge is -2.15. The molecular formula is C11H11F3N2O4. The van der Waals surface area contributed by atoms with Crippen LogP contribution in [0.3, 0.4) is 0 Å². The zero-order valence-corrected chi connectivity index (χ0v) is 10.3. The third-order valence-electron chi connectivity index (χ3n) is 2.55. The molecule has 0 bridgehead atoms. The maximum absolute atomic E-state index is 12.8. The number of non-ortho nitro benzene ring substituents is 1. The number of alkyl halides is 3. The van der Waals surface area contributed by atoms with Crippen molar-refractivity contribution in [2.24, 2.45) is 5.73 Å². The Labute approximate surface area is 111 Å². The van der Waals surface area contributed by atoms with E-state index in [1.54, 1.807) is 0 Å². The van der Waals surface area contributed by atoms with Gasteiger partial charge in [0.2, 0.25) is 0 Å². The molecule has 1 aromatic carbocycles. The number of nitrogens with two attached hydrogens (primary N) is 1. The van der Waals surface area contributed by atoms with E-state index in [2.05, 4.69) is 4.74 Å². The number of methoxy groups -OCH3 is 1. The van der Waals surface area contributed by atoms with Gasteiger partial charge in [0, 0.05) is 12.1 Å². The summed E-state index contributed by atoms with van der Waals surface area (Å²) in [4.78, 5) is 20.7. The fraction of sp³-hybridized carbons (Fsp3) is 0.364. The molecule has 1 aromatic rings. The van der Waals surface area contributed by atoms with E-state index in [0.29, 0.717) is 6.07 Å². The number of nitrogens with zero attached hydrogens (tertiary/aromatic N) is 1. The molecule has 1 atom stereocenters. The topological polar surface area (TPSA) is 95.5 Å².